The van der Waals surface area contributed by atoms with Crippen molar-refractivity contribution in [3.8, 4) is 0 Å². The highest BCUT2D eigenvalue weighted by molar-refractivity contribution is 8.00. The summed E-state index contributed by atoms with van der Waals surface area (Å²) in [4.78, 5) is 1.88. The minimum atomic E-state index is 0.513. The summed E-state index contributed by atoms with van der Waals surface area (Å²) >= 11 is 9.72. The third kappa shape index (κ3) is 2.75. The highest BCUT2D eigenvalue weighted by Crippen LogP contribution is 2.02. The molecule has 0 spiro atoms. The molecule has 0 aliphatic carbocycles. The Morgan fingerprint density at radius 1 is 1.42 bits per heavy atom. The molecule has 0 bridgehead atoms. The lowest BCUT2D eigenvalue weighted by Gasteiger charge is -2.22. The fraction of sp³-hybridized carbons (Fsp3) is 0.222. The summed E-state index contributed by atoms with van der Waals surface area (Å²) in [6.07, 6.45) is 0. The number of nitrogens with zero attached hydrogens (tertiary/aromatic N) is 1. The summed E-state index contributed by atoms with van der Waals surface area (Å²) in [5, 5.41) is 0. The van der Waals surface area contributed by atoms with E-state index in [2.05, 4.69) is 12.1 Å². The van der Waals surface area contributed by atoms with E-state index in [0.29, 0.717) is 4.32 Å². The van der Waals surface area contributed by atoms with E-state index in [4.69, 9.17) is 24.8 Å². The first-order valence-corrected chi connectivity index (χ1v) is 4.48. The zero-order valence-electron chi connectivity index (χ0n) is 6.86. The normalized spacial score (nSPS) is 9.42. The molecule has 1 rings (SSSR count). The summed E-state index contributed by atoms with van der Waals surface area (Å²) in [7, 11) is 1.91. The minimum absolute atomic E-state index is 0.513. The monoisotopic (exact) mass is 196 g/mol. The third-order valence-electron chi connectivity index (χ3n) is 1.57. The van der Waals surface area contributed by atoms with E-state index in [1.54, 1.807) is 0 Å². The van der Waals surface area contributed by atoms with E-state index in [1.165, 1.54) is 5.56 Å². The number of benzene rings is 1. The largest absolute Gasteiger partial charge is 0.411 e. The van der Waals surface area contributed by atoms with Crippen molar-refractivity contribution in [1.82, 2.24) is 4.90 Å². The Labute approximate surface area is 83.8 Å². The van der Waals surface area contributed by atoms with Crippen molar-refractivity contribution >= 4 is 29.2 Å². The van der Waals surface area contributed by atoms with Crippen LogP contribution in [0.2, 0.25) is 0 Å². The minimum Gasteiger partial charge on any atom is -0.411 e. The van der Waals surface area contributed by atoms with Crippen LogP contribution in [0.3, 0.4) is 0 Å². The highest BCUT2D eigenvalue weighted by Gasteiger charge is 1.94. The number of hydrogen-bond acceptors (Lipinski definition) is 2. The average molecular weight is 196 g/mol. The zero-order valence-corrected chi connectivity index (χ0v) is 8.49. The maximum Gasteiger partial charge on any atom is 0.0410 e. The topological polar surface area (TPSA) is 3.24 Å². The van der Waals surface area contributed by atoms with Crippen LogP contribution in [0.5, 0.6) is 0 Å². The Kier molecular flexibility index (Phi) is 3.44. The van der Waals surface area contributed by atoms with E-state index in [9.17, 15) is 0 Å². The van der Waals surface area contributed by atoms with Crippen LogP contribution in [0, 0.1) is 0 Å². The molecule has 0 saturated heterocycles. The van der Waals surface area contributed by atoms with Gasteiger partial charge in [-0.3, -0.25) is 0 Å². The first kappa shape index (κ1) is 9.42. The van der Waals surface area contributed by atoms with Gasteiger partial charge >= 0.3 is 0 Å². The van der Waals surface area contributed by atoms with Crippen molar-refractivity contribution in [2.24, 2.45) is 0 Å². The summed E-state index contributed by atoms with van der Waals surface area (Å²) in [5.74, 6) is 0. The Hall–Kier alpha value is -0.670. The van der Waals surface area contributed by atoms with Crippen LogP contribution in [0.25, 0.3) is 0 Å². The summed E-state index contributed by atoms with van der Waals surface area (Å²) in [6.45, 7) is 0.795. The molecule has 0 heterocycles. The predicted molar refractivity (Wildman–Crippen MR) is 57.9 cm³/mol. The lowest BCUT2D eigenvalue weighted by atomic mass is 10.2. The fourth-order valence-electron chi connectivity index (χ4n) is 0.922. The standard InChI is InChI=1S/C9H11NS2/c1-10(9(11)12)7-8-5-3-2-4-6-8/h2-6H,7H2,1H3,(H,11,12)/p-1. The molecule has 64 valence electrons. The SMILES string of the molecule is CN(Cc1ccccc1)C(=S)[S-]. The Morgan fingerprint density at radius 2 is 2.00 bits per heavy atom. The van der Waals surface area contributed by atoms with Gasteiger partial charge in [-0.25, -0.2) is 0 Å². The highest BCUT2D eigenvalue weighted by atomic mass is 32.1. The lowest BCUT2D eigenvalue weighted by molar-refractivity contribution is 0.519. The van der Waals surface area contributed by atoms with Gasteiger partial charge in [-0.15, -0.1) is 0 Å². The number of hydrogen-bond donors (Lipinski definition) is 0. The quantitative estimate of drug-likeness (QED) is 0.526. The van der Waals surface area contributed by atoms with Crippen LogP contribution in [0.4, 0.5) is 0 Å². The van der Waals surface area contributed by atoms with Gasteiger partial charge in [0, 0.05) is 13.6 Å². The van der Waals surface area contributed by atoms with Gasteiger partial charge in [-0.1, -0.05) is 34.7 Å². The van der Waals surface area contributed by atoms with Crippen molar-refractivity contribution in [3.63, 3.8) is 0 Å². The summed E-state index contributed by atoms with van der Waals surface area (Å²) < 4.78 is 0.513. The Bertz CT molecular complexity index is 258. The molecule has 0 aliphatic heterocycles. The maximum absolute atomic E-state index is 4.86. The van der Waals surface area contributed by atoms with Crippen molar-refractivity contribution < 1.29 is 0 Å². The van der Waals surface area contributed by atoms with E-state index in [0.717, 1.165) is 6.54 Å². The Morgan fingerprint density at radius 3 is 2.50 bits per heavy atom. The van der Waals surface area contributed by atoms with E-state index >= 15 is 0 Å². The van der Waals surface area contributed by atoms with Gasteiger partial charge in [0.1, 0.15) is 0 Å². The van der Waals surface area contributed by atoms with Gasteiger partial charge in [-0.05, 0) is 5.56 Å². The molecule has 1 aromatic rings. The van der Waals surface area contributed by atoms with Crippen LogP contribution in [-0.2, 0) is 19.2 Å². The number of thiocarbonyl (C=S) groups is 1. The van der Waals surface area contributed by atoms with Crippen molar-refractivity contribution in [2.75, 3.05) is 7.05 Å². The molecule has 0 aliphatic rings. The van der Waals surface area contributed by atoms with Gasteiger partial charge in [-0.2, -0.15) is 0 Å². The van der Waals surface area contributed by atoms with Gasteiger partial charge in [0.05, 0.1) is 0 Å². The second-order valence-electron chi connectivity index (χ2n) is 2.61. The second kappa shape index (κ2) is 4.38. The van der Waals surface area contributed by atoms with Crippen LogP contribution in [0.15, 0.2) is 30.3 Å². The number of rotatable bonds is 2. The molecule has 0 fully saturated rings. The van der Waals surface area contributed by atoms with E-state index in [-0.39, 0.29) is 0 Å². The predicted octanol–water partition coefficient (Wildman–Crippen LogP) is 1.95. The van der Waals surface area contributed by atoms with Gasteiger partial charge in [0.15, 0.2) is 0 Å². The van der Waals surface area contributed by atoms with Crippen LogP contribution in [0.1, 0.15) is 5.56 Å². The molecule has 0 saturated carbocycles. The lowest BCUT2D eigenvalue weighted by Crippen LogP contribution is -2.21. The molecule has 0 aromatic heterocycles. The van der Waals surface area contributed by atoms with Gasteiger partial charge in [0.25, 0.3) is 0 Å². The van der Waals surface area contributed by atoms with Gasteiger partial charge < -0.3 is 29.7 Å². The van der Waals surface area contributed by atoms with Crippen LogP contribution >= 0.6 is 12.2 Å². The smallest absolute Gasteiger partial charge is 0.0410 e. The molecule has 12 heavy (non-hydrogen) atoms. The van der Waals surface area contributed by atoms with Crippen molar-refractivity contribution in [2.45, 2.75) is 6.54 Å². The fourth-order valence-corrected chi connectivity index (χ4v) is 1.05. The first-order chi connectivity index (χ1) is 5.70. The molecule has 0 radical (unpaired) electrons. The molecule has 0 amide bonds. The molecule has 0 N–H and O–H groups in total. The van der Waals surface area contributed by atoms with E-state index in [1.807, 2.05) is 30.1 Å². The summed E-state index contributed by atoms with van der Waals surface area (Å²) in [6, 6.07) is 10.1. The van der Waals surface area contributed by atoms with Crippen LogP contribution < -0.4 is 0 Å². The first-order valence-electron chi connectivity index (χ1n) is 3.66. The molecule has 1 aromatic carbocycles. The zero-order chi connectivity index (χ0) is 8.97. The molecule has 1 nitrogen and oxygen atoms in total. The average Bonchev–Trinajstić information content (AvgIpc) is 2.06. The Balaban J connectivity index is 2.58. The second-order valence-corrected chi connectivity index (χ2v) is 3.64. The van der Waals surface area contributed by atoms with Gasteiger partial charge in [0.2, 0.25) is 0 Å². The third-order valence-corrected chi connectivity index (χ3v) is 2.20. The van der Waals surface area contributed by atoms with Crippen LogP contribution in [-0.4, -0.2) is 16.3 Å². The maximum atomic E-state index is 4.86. The van der Waals surface area contributed by atoms with Crippen molar-refractivity contribution in [1.29, 1.82) is 0 Å². The summed E-state index contributed by atoms with van der Waals surface area (Å²) in [5.41, 5.74) is 1.23. The van der Waals surface area contributed by atoms with Crippen molar-refractivity contribution in [3.05, 3.63) is 35.9 Å². The van der Waals surface area contributed by atoms with E-state index < -0.39 is 0 Å². The molecule has 0 unspecified atom stereocenters. The molecular weight excluding hydrogens is 186 g/mol. The molecule has 0 atom stereocenters. The molecular formula is C9H10NS2-. The molecule has 3 heteroatoms.